The molecule has 2 atom stereocenters. The van der Waals surface area contributed by atoms with E-state index in [1.54, 1.807) is 0 Å². The van der Waals surface area contributed by atoms with E-state index in [9.17, 15) is 8.42 Å². The van der Waals surface area contributed by atoms with Gasteiger partial charge in [-0.25, -0.2) is 8.42 Å². The topological polar surface area (TPSA) is 34.1 Å². The molecule has 0 radical (unpaired) electrons. The van der Waals surface area contributed by atoms with Crippen LogP contribution >= 0.6 is 11.6 Å². The summed E-state index contributed by atoms with van der Waals surface area (Å²) < 4.78 is 23.1. The van der Waals surface area contributed by atoms with Crippen LogP contribution in [0.2, 0.25) is 0 Å². The first-order valence-electron chi connectivity index (χ1n) is 5.64. The molecule has 0 aromatic rings. The first kappa shape index (κ1) is 15.2. The lowest BCUT2D eigenvalue weighted by molar-refractivity contribution is 0.367. The molecule has 2 unspecified atom stereocenters. The summed E-state index contributed by atoms with van der Waals surface area (Å²) in [6.45, 7) is 8.02. The molecule has 0 heterocycles. The largest absolute Gasteiger partial charge is 0.229 e. The molecule has 0 aliphatic carbocycles. The van der Waals surface area contributed by atoms with Gasteiger partial charge in [-0.15, -0.1) is 11.6 Å². The van der Waals surface area contributed by atoms with Crippen molar-refractivity contribution in [3.63, 3.8) is 0 Å². The Morgan fingerprint density at radius 3 is 2.00 bits per heavy atom. The highest BCUT2D eigenvalue weighted by Crippen LogP contribution is 2.24. The van der Waals surface area contributed by atoms with Crippen molar-refractivity contribution in [2.75, 3.05) is 11.5 Å². The smallest absolute Gasteiger partial charge is 0.150 e. The van der Waals surface area contributed by atoms with Gasteiger partial charge in [-0.2, -0.15) is 0 Å². The van der Waals surface area contributed by atoms with Gasteiger partial charge in [0.25, 0.3) is 0 Å². The van der Waals surface area contributed by atoms with Crippen LogP contribution in [-0.4, -0.2) is 25.3 Å². The highest BCUT2D eigenvalue weighted by atomic mass is 35.5. The molecule has 0 amide bonds. The van der Waals surface area contributed by atoms with Crippen molar-refractivity contribution in [2.24, 2.45) is 11.8 Å². The van der Waals surface area contributed by atoms with Gasteiger partial charge in [-0.3, -0.25) is 0 Å². The standard InChI is InChI=1S/C11H23ClO2S/c1-5-7-15(13,14)8-6-11(9(2)3)10(4)12/h9-11H,5-8H2,1-4H3. The second kappa shape index (κ2) is 6.74. The molecule has 0 saturated heterocycles. The summed E-state index contributed by atoms with van der Waals surface area (Å²) in [6.07, 6.45) is 1.38. The normalized spacial score (nSPS) is 16.7. The molecule has 0 saturated carbocycles. The molecule has 0 aromatic heterocycles. The zero-order valence-corrected chi connectivity index (χ0v) is 11.7. The van der Waals surface area contributed by atoms with Gasteiger partial charge in [0, 0.05) is 11.1 Å². The molecule has 0 aliphatic rings. The lowest BCUT2D eigenvalue weighted by Gasteiger charge is -2.22. The molecule has 0 N–H and O–H groups in total. The van der Waals surface area contributed by atoms with Crippen molar-refractivity contribution in [1.29, 1.82) is 0 Å². The Bertz CT molecular complexity index is 250. The van der Waals surface area contributed by atoms with Crippen LogP contribution in [0.1, 0.15) is 40.5 Å². The fourth-order valence-corrected chi connectivity index (χ4v) is 3.70. The Balaban J connectivity index is 4.22. The van der Waals surface area contributed by atoms with Gasteiger partial charge >= 0.3 is 0 Å². The van der Waals surface area contributed by atoms with Crippen molar-refractivity contribution in [1.82, 2.24) is 0 Å². The van der Waals surface area contributed by atoms with Crippen LogP contribution in [0.15, 0.2) is 0 Å². The van der Waals surface area contributed by atoms with Gasteiger partial charge in [0.1, 0.15) is 9.84 Å². The van der Waals surface area contributed by atoms with Crippen LogP contribution in [0.4, 0.5) is 0 Å². The molecular weight excluding hydrogens is 232 g/mol. The average Bonchev–Trinajstić information content (AvgIpc) is 2.01. The van der Waals surface area contributed by atoms with E-state index in [0.717, 1.165) is 0 Å². The van der Waals surface area contributed by atoms with Crippen molar-refractivity contribution < 1.29 is 8.42 Å². The minimum atomic E-state index is -2.85. The molecule has 92 valence electrons. The van der Waals surface area contributed by atoms with E-state index < -0.39 is 9.84 Å². The van der Waals surface area contributed by atoms with E-state index in [4.69, 9.17) is 11.6 Å². The molecule has 0 fully saturated rings. The van der Waals surface area contributed by atoms with E-state index in [1.165, 1.54) is 0 Å². The second-order valence-corrected chi connectivity index (χ2v) is 7.52. The fraction of sp³-hybridized carbons (Fsp3) is 1.00. The maximum atomic E-state index is 11.5. The molecule has 0 aliphatic heterocycles. The zero-order chi connectivity index (χ0) is 12.1. The zero-order valence-electron chi connectivity index (χ0n) is 10.2. The van der Waals surface area contributed by atoms with Gasteiger partial charge < -0.3 is 0 Å². The maximum Gasteiger partial charge on any atom is 0.150 e. The first-order valence-corrected chi connectivity index (χ1v) is 7.90. The Kier molecular flexibility index (Phi) is 6.85. The van der Waals surface area contributed by atoms with Crippen LogP contribution in [0, 0.1) is 11.8 Å². The second-order valence-electron chi connectivity index (χ2n) is 4.53. The molecule has 0 spiro atoms. The summed E-state index contributed by atoms with van der Waals surface area (Å²) in [5.74, 6) is 1.31. The van der Waals surface area contributed by atoms with Crippen molar-refractivity contribution in [3.05, 3.63) is 0 Å². The molecule has 0 aromatic carbocycles. The average molecular weight is 255 g/mol. The predicted molar refractivity (Wildman–Crippen MR) is 67.2 cm³/mol. The van der Waals surface area contributed by atoms with Gasteiger partial charge in [0.2, 0.25) is 0 Å². The van der Waals surface area contributed by atoms with E-state index in [-0.39, 0.29) is 11.1 Å². The predicted octanol–water partition coefficient (Wildman–Crippen LogP) is 3.10. The number of halogens is 1. The van der Waals surface area contributed by atoms with Crippen LogP contribution in [0.25, 0.3) is 0 Å². The third kappa shape index (κ3) is 6.41. The molecule has 0 bridgehead atoms. The van der Waals surface area contributed by atoms with Crippen molar-refractivity contribution >= 4 is 21.4 Å². The summed E-state index contributed by atoms with van der Waals surface area (Å²) in [5.41, 5.74) is 0. The number of hydrogen-bond acceptors (Lipinski definition) is 2. The van der Waals surface area contributed by atoms with E-state index in [1.807, 2.05) is 13.8 Å². The van der Waals surface area contributed by atoms with Gasteiger partial charge in [-0.1, -0.05) is 20.8 Å². The Labute approximate surface area is 99.3 Å². The van der Waals surface area contributed by atoms with Gasteiger partial charge in [0.15, 0.2) is 0 Å². The molecule has 4 heteroatoms. The first-order chi connectivity index (χ1) is 6.80. The monoisotopic (exact) mass is 254 g/mol. The molecule has 2 nitrogen and oxygen atoms in total. The summed E-state index contributed by atoms with van der Waals surface area (Å²) in [4.78, 5) is 0. The molecular formula is C11H23ClO2S. The highest BCUT2D eigenvalue weighted by Gasteiger charge is 2.21. The third-order valence-electron chi connectivity index (χ3n) is 2.72. The third-order valence-corrected chi connectivity index (χ3v) is 4.94. The minimum Gasteiger partial charge on any atom is -0.229 e. The van der Waals surface area contributed by atoms with Crippen molar-refractivity contribution in [3.8, 4) is 0 Å². The quantitative estimate of drug-likeness (QED) is 0.655. The maximum absolute atomic E-state index is 11.5. The minimum absolute atomic E-state index is 0.0434. The Morgan fingerprint density at radius 1 is 1.13 bits per heavy atom. The van der Waals surface area contributed by atoms with Crippen LogP contribution in [0.5, 0.6) is 0 Å². The Hall–Kier alpha value is 0.240. The summed E-state index contributed by atoms with van der Waals surface area (Å²) >= 11 is 6.05. The fourth-order valence-electron chi connectivity index (χ4n) is 1.82. The summed E-state index contributed by atoms with van der Waals surface area (Å²) in [5, 5.41) is 0.0434. The van der Waals surface area contributed by atoms with E-state index >= 15 is 0 Å². The number of hydrogen-bond donors (Lipinski definition) is 0. The highest BCUT2D eigenvalue weighted by molar-refractivity contribution is 7.91. The summed E-state index contributed by atoms with van der Waals surface area (Å²) in [7, 11) is -2.85. The number of sulfone groups is 1. The van der Waals surface area contributed by atoms with Crippen LogP contribution < -0.4 is 0 Å². The van der Waals surface area contributed by atoms with Crippen LogP contribution in [0.3, 0.4) is 0 Å². The SMILES string of the molecule is CCCS(=O)(=O)CCC(C(C)C)C(C)Cl. The van der Waals surface area contributed by atoms with E-state index in [0.29, 0.717) is 30.4 Å². The van der Waals surface area contributed by atoms with Crippen molar-refractivity contribution in [2.45, 2.75) is 45.9 Å². The van der Waals surface area contributed by atoms with E-state index in [2.05, 4.69) is 13.8 Å². The number of alkyl halides is 1. The molecule has 15 heavy (non-hydrogen) atoms. The lowest BCUT2D eigenvalue weighted by atomic mass is 9.90. The van der Waals surface area contributed by atoms with Gasteiger partial charge in [0.05, 0.1) is 5.75 Å². The Morgan fingerprint density at radius 2 is 1.67 bits per heavy atom. The lowest BCUT2D eigenvalue weighted by Crippen LogP contribution is -2.22. The van der Waals surface area contributed by atoms with Crippen LogP contribution in [-0.2, 0) is 9.84 Å². The molecule has 0 rings (SSSR count). The summed E-state index contributed by atoms with van der Waals surface area (Å²) in [6, 6.07) is 0. The van der Waals surface area contributed by atoms with Gasteiger partial charge in [-0.05, 0) is 31.6 Å². The number of rotatable bonds is 7.